The highest BCUT2D eigenvalue weighted by Crippen LogP contribution is 2.33. The topological polar surface area (TPSA) is 92.0 Å². The second kappa shape index (κ2) is 6.99. The third-order valence-corrected chi connectivity index (χ3v) is 4.69. The molecule has 2 aromatic rings. The van der Waals surface area contributed by atoms with Gasteiger partial charge in [-0.15, -0.1) is 0 Å². The van der Waals surface area contributed by atoms with Crippen LogP contribution < -0.4 is 5.56 Å². The first-order valence-corrected chi connectivity index (χ1v) is 8.11. The third kappa shape index (κ3) is 3.92. The Morgan fingerprint density at radius 3 is 2.52 bits per heavy atom. The Hall–Kier alpha value is -2.16. The molecular weight excluding hydrogens is 339 g/mol. The number of aliphatic hydroxyl groups excluding tert-OH is 1. The molecule has 1 saturated carbocycles. The second-order valence-corrected chi connectivity index (χ2v) is 6.39. The lowest BCUT2D eigenvalue weighted by Gasteiger charge is -2.27. The van der Waals surface area contributed by atoms with Gasteiger partial charge in [0, 0.05) is 23.9 Å². The van der Waals surface area contributed by atoms with E-state index in [0.29, 0.717) is 12.0 Å². The predicted octanol–water partition coefficient (Wildman–Crippen LogP) is 2.78. The number of nitrogens with zero attached hydrogens (tertiary/aromatic N) is 2. The van der Waals surface area contributed by atoms with Crippen LogP contribution in [-0.2, 0) is 12.6 Å². The Bertz CT molecular complexity index is 777. The van der Waals surface area contributed by atoms with E-state index in [1.807, 2.05) is 0 Å². The van der Waals surface area contributed by atoms with Crippen LogP contribution in [0.5, 0.6) is 0 Å². The van der Waals surface area contributed by atoms with Crippen LogP contribution in [0, 0.1) is 11.8 Å². The van der Waals surface area contributed by atoms with Crippen molar-refractivity contribution in [2.75, 3.05) is 6.61 Å². The first kappa shape index (κ1) is 17.7. The van der Waals surface area contributed by atoms with E-state index in [1.54, 1.807) is 0 Å². The lowest BCUT2D eigenvalue weighted by atomic mass is 9.79. The van der Waals surface area contributed by atoms with E-state index < -0.39 is 12.1 Å². The minimum atomic E-state index is -4.73. The summed E-state index contributed by atoms with van der Waals surface area (Å²) in [6.45, 7) is 0.160. The number of hydrogen-bond acceptors (Lipinski definition) is 5. The maximum absolute atomic E-state index is 12.7. The molecule has 0 amide bonds. The highest BCUT2D eigenvalue weighted by molar-refractivity contribution is 5.58. The first-order chi connectivity index (χ1) is 11.9. The molecule has 0 aromatic carbocycles. The Kier molecular flexibility index (Phi) is 4.94. The molecule has 1 aliphatic rings. The summed E-state index contributed by atoms with van der Waals surface area (Å²) < 4.78 is 42.2. The third-order valence-electron chi connectivity index (χ3n) is 4.69. The predicted molar refractivity (Wildman–Crippen MR) is 81.6 cm³/mol. The van der Waals surface area contributed by atoms with Gasteiger partial charge in [-0.1, -0.05) is 5.16 Å². The van der Waals surface area contributed by atoms with Crippen LogP contribution in [0.15, 0.2) is 21.6 Å². The van der Waals surface area contributed by atoms with Gasteiger partial charge in [-0.2, -0.15) is 18.2 Å². The lowest BCUT2D eigenvalue weighted by Crippen LogP contribution is -2.22. The van der Waals surface area contributed by atoms with Crippen molar-refractivity contribution in [2.24, 2.45) is 11.8 Å². The van der Waals surface area contributed by atoms with Crippen molar-refractivity contribution in [3.8, 4) is 11.4 Å². The molecule has 136 valence electrons. The summed E-state index contributed by atoms with van der Waals surface area (Å²) >= 11 is 0. The van der Waals surface area contributed by atoms with Gasteiger partial charge in [-0.3, -0.25) is 4.79 Å². The molecule has 1 fully saturated rings. The van der Waals surface area contributed by atoms with Crippen molar-refractivity contribution in [3.05, 3.63) is 34.1 Å². The average molecular weight is 357 g/mol. The van der Waals surface area contributed by atoms with Gasteiger partial charge < -0.3 is 14.6 Å². The van der Waals surface area contributed by atoms with Crippen molar-refractivity contribution in [2.45, 2.75) is 38.3 Å². The quantitative estimate of drug-likeness (QED) is 0.878. The van der Waals surface area contributed by atoms with Gasteiger partial charge in [0.25, 0.3) is 5.56 Å². The van der Waals surface area contributed by atoms with E-state index in [9.17, 15) is 23.1 Å². The highest BCUT2D eigenvalue weighted by atomic mass is 19.4. The van der Waals surface area contributed by atoms with Gasteiger partial charge in [0.1, 0.15) is 0 Å². The van der Waals surface area contributed by atoms with Crippen LogP contribution in [0.2, 0.25) is 0 Å². The zero-order chi connectivity index (χ0) is 18.0. The molecule has 6 nitrogen and oxygen atoms in total. The monoisotopic (exact) mass is 357 g/mol. The SMILES string of the molecule is O=c1[nH]ccc(-c2noc(C(F)(F)F)n2)c1CC1CCC(CO)CC1. The Morgan fingerprint density at radius 2 is 1.92 bits per heavy atom. The number of halogens is 3. The van der Waals surface area contributed by atoms with Crippen molar-refractivity contribution < 1.29 is 22.8 Å². The molecule has 9 heteroatoms. The zero-order valence-electron chi connectivity index (χ0n) is 13.3. The van der Waals surface area contributed by atoms with Crippen LogP contribution >= 0.6 is 0 Å². The smallest absolute Gasteiger partial charge is 0.396 e. The summed E-state index contributed by atoms with van der Waals surface area (Å²) in [6, 6.07) is 1.49. The zero-order valence-corrected chi connectivity index (χ0v) is 13.3. The molecule has 0 spiro atoms. The summed E-state index contributed by atoms with van der Waals surface area (Å²) in [4.78, 5) is 18.1. The fourth-order valence-corrected chi connectivity index (χ4v) is 3.28. The molecular formula is C16H18F3N3O3. The molecule has 0 saturated heterocycles. The minimum Gasteiger partial charge on any atom is -0.396 e. The summed E-state index contributed by atoms with van der Waals surface area (Å²) in [7, 11) is 0. The van der Waals surface area contributed by atoms with Crippen molar-refractivity contribution >= 4 is 0 Å². The molecule has 0 bridgehead atoms. The number of rotatable bonds is 4. The molecule has 0 aliphatic heterocycles. The minimum absolute atomic E-state index is 0.160. The normalized spacial score (nSPS) is 21.4. The van der Waals surface area contributed by atoms with Gasteiger partial charge in [0.2, 0.25) is 5.82 Å². The number of aromatic nitrogens is 3. The number of alkyl halides is 3. The molecule has 25 heavy (non-hydrogen) atoms. The summed E-state index contributed by atoms with van der Waals surface area (Å²) in [5.41, 5.74) is 0.261. The van der Waals surface area contributed by atoms with Crippen molar-refractivity contribution in [1.29, 1.82) is 0 Å². The number of nitrogens with one attached hydrogen (secondary N) is 1. The van der Waals surface area contributed by atoms with Gasteiger partial charge in [0.15, 0.2) is 0 Å². The molecule has 3 rings (SSSR count). The van der Waals surface area contributed by atoms with Crippen LogP contribution in [-0.4, -0.2) is 26.8 Å². The Morgan fingerprint density at radius 1 is 1.24 bits per heavy atom. The number of pyridine rings is 1. The molecule has 2 heterocycles. The fraction of sp³-hybridized carbons (Fsp3) is 0.562. The highest BCUT2D eigenvalue weighted by Gasteiger charge is 2.38. The van der Waals surface area contributed by atoms with Gasteiger partial charge in [-0.05, 0) is 50.0 Å². The fourth-order valence-electron chi connectivity index (χ4n) is 3.28. The molecule has 0 unspecified atom stereocenters. The Balaban J connectivity index is 1.86. The van der Waals surface area contributed by atoms with E-state index in [2.05, 4.69) is 19.6 Å². The largest absolute Gasteiger partial charge is 0.471 e. The van der Waals surface area contributed by atoms with E-state index in [1.165, 1.54) is 12.3 Å². The number of aromatic amines is 1. The summed E-state index contributed by atoms with van der Waals surface area (Å²) in [5, 5.41) is 12.6. The first-order valence-electron chi connectivity index (χ1n) is 8.11. The second-order valence-electron chi connectivity index (χ2n) is 6.39. The van der Waals surface area contributed by atoms with Crippen LogP contribution in [0.25, 0.3) is 11.4 Å². The van der Waals surface area contributed by atoms with Crippen LogP contribution in [0.1, 0.15) is 37.1 Å². The number of hydrogen-bond donors (Lipinski definition) is 2. The molecule has 0 radical (unpaired) electrons. The van der Waals surface area contributed by atoms with Crippen LogP contribution in [0.4, 0.5) is 13.2 Å². The van der Waals surface area contributed by atoms with Gasteiger partial charge >= 0.3 is 12.1 Å². The van der Waals surface area contributed by atoms with Gasteiger partial charge in [-0.25, -0.2) is 0 Å². The molecule has 2 N–H and O–H groups in total. The maximum atomic E-state index is 12.7. The number of aliphatic hydroxyl groups is 1. The van der Waals surface area contributed by atoms with Crippen LogP contribution in [0.3, 0.4) is 0 Å². The summed E-state index contributed by atoms with van der Waals surface area (Å²) in [5.74, 6) is -1.15. The number of H-pyrrole nitrogens is 1. The van der Waals surface area contributed by atoms with E-state index in [-0.39, 0.29) is 35.4 Å². The Labute approximate surface area is 141 Å². The standard InChI is InChI=1S/C16H18F3N3O3/c17-16(18,19)15-21-13(22-25-15)11-5-6-20-14(24)12(11)7-9-1-3-10(8-23)4-2-9/h5-6,9-10,23H,1-4,7-8H2,(H,20,24). The van der Waals surface area contributed by atoms with Gasteiger partial charge in [0.05, 0.1) is 0 Å². The van der Waals surface area contributed by atoms with E-state index in [0.717, 1.165) is 25.7 Å². The maximum Gasteiger partial charge on any atom is 0.471 e. The summed E-state index contributed by atoms with van der Waals surface area (Å²) in [6.07, 6.45) is 0.531. The van der Waals surface area contributed by atoms with E-state index in [4.69, 9.17) is 0 Å². The van der Waals surface area contributed by atoms with Crippen molar-refractivity contribution in [1.82, 2.24) is 15.1 Å². The van der Waals surface area contributed by atoms with Crippen molar-refractivity contribution in [3.63, 3.8) is 0 Å². The average Bonchev–Trinajstić information content (AvgIpc) is 3.07. The molecule has 0 atom stereocenters. The van der Waals surface area contributed by atoms with E-state index >= 15 is 0 Å². The molecule has 2 aromatic heterocycles. The lowest BCUT2D eigenvalue weighted by molar-refractivity contribution is -0.159. The molecule has 1 aliphatic carbocycles.